The third kappa shape index (κ3) is 7.97. The number of hydrogen-bond donors (Lipinski definition) is 2. The summed E-state index contributed by atoms with van der Waals surface area (Å²) in [5.74, 6) is 0.427. The third-order valence-electron chi connectivity index (χ3n) is 8.99. The zero-order valence-corrected chi connectivity index (χ0v) is 26.5. The summed E-state index contributed by atoms with van der Waals surface area (Å²) in [5, 5.41) is 12.3. The number of carboxylic acids is 1. The minimum atomic E-state index is -2.88. The maximum atomic E-state index is 13.4. The van der Waals surface area contributed by atoms with Gasteiger partial charge in [0.1, 0.15) is 5.75 Å². The molecule has 1 fully saturated rings. The van der Waals surface area contributed by atoms with Crippen LogP contribution in [0.5, 0.6) is 5.75 Å². The molecule has 12 heteroatoms. The molecule has 244 valence electrons. The Morgan fingerprint density at radius 2 is 1.89 bits per heavy atom. The number of hydrogen-bond acceptors (Lipinski definition) is 6. The number of fused-ring (bicyclic) bond motifs is 1. The minimum absolute atomic E-state index is 0.0164. The van der Waals surface area contributed by atoms with Gasteiger partial charge in [-0.1, -0.05) is 0 Å². The Bertz CT molecular complexity index is 1670. The van der Waals surface area contributed by atoms with Crippen molar-refractivity contribution in [1.82, 2.24) is 19.3 Å². The molecule has 3 heterocycles. The number of amides is 1. The van der Waals surface area contributed by atoms with Crippen molar-refractivity contribution in [2.45, 2.75) is 45.6 Å². The topological polar surface area (TPSA) is 109 Å². The Balaban J connectivity index is 1.18. The van der Waals surface area contributed by atoms with Crippen LogP contribution in [0.2, 0.25) is 0 Å². The summed E-state index contributed by atoms with van der Waals surface area (Å²) in [6.07, 6.45) is 9.19. The first-order valence-electron chi connectivity index (χ1n) is 15.6. The molecule has 2 aromatic heterocycles. The largest absolute Gasteiger partial charge is 0.481 e. The van der Waals surface area contributed by atoms with E-state index < -0.39 is 12.6 Å². The number of quaternary nitrogens is 1. The highest BCUT2D eigenvalue weighted by molar-refractivity contribution is 5.96. The number of nitrogens with one attached hydrogen (secondary N) is 1. The van der Waals surface area contributed by atoms with Crippen LogP contribution in [-0.4, -0.2) is 87.6 Å². The number of anilines is 2. The van der Waals surface area contributed by atoms with Gasteiger partial charge in [0.2, 0.25) is 0 Å². The lowest BCUT2D eigenvalue weighted by Crippen LogP contribution is -2.50. The van der Waals surface area contributed by atoms with E-state index in [1.54, 1.807) is 35.6 Å². The Hall–Kier alpha value is -4.58. The number of piperidine rings is 1. The molecule has 0 atom stereocenters. The van der Waals surface area contributed by atoms with Crippen LogP contribution in [0.3, 0.4) is 0 Å². The number of aromatic nitrogens is 3. The van der Waals surface area contributed by atoms with Gasteiger partial charge in [0.15, 0.2) is 11.5 Å². The molecule has 5 rings (SSSR count). The summed E-state index contributed by atoms with van der Waals surface area (Å²) in [6, 6.07) is 12.0. The Kier molecular flexibility index (Phi) is 10.2. The van der Waals surface area contributed by atoms with Crippen molar-refractivity contribution < 1.29 is 32.7 Å². The van der Waals surface area contributed by atoms with Crippen LogP contribution in [0.25, 0.3) is 16.9 Å². The van der Waals surface area contributed by atoms with Gasteiger partial charge in [-0.05, 0) is 80.1 Å². The number of nitrogens with zero attached hydrogens (tertiary/aromatic N) is 5. The average Bonchev–Trinajstić information content (AvgIpc) is 3.46. The molecule has 0 aliphatic carbocycles. The SMILES string of the molecule is Cc1cc(Nc2nccn3c(-c4ccc(OC(F)F)cc4)cnc23)ccc1C(=O)N(C)CCC1CC[N+](C)(CCCC(=O)O)CC1. The quantitative estimate of drug-likeness (QED) is 0.168. The maximum absolute atomic E-state index is 13.4. The fourth-order valence-corrected chi connectivity index (χ4v) is 6.20. The van der Waals surface area contributed by atoms with Gasteiger partial charge in [-0.2, -0.15) is 8.78 Å². The van der Waals surface area contributed by atoms with Gasteiger partial charge < -0.3 is 24.5 Å². The molecule has 2 aromatic carbocycles. The first-order valence-corrected chi connectivity index (χ1v) is 15.6. The Labute approximate surface area is 267 Å². The van der Waals surface area contributed by atoms with E-state index in [0.29, 0.717) is 35.9 Å². The lowest BCUT2D eigenvalue weighted by Gasteiger charge is -2.41. The van der Waals surface area contributed by atoms with Crippen molar-refractivity contribution >= 4 is 29.0 Å². The molecule has 1 aliphatic heterocycles. The van der Waals surface area contributed by atoms with Crippen LogP contribution in [0.15, 0.2) is 61.1 Å². The van der Waals surface area contributed by atoms with Gasteiger partial charge in [0.25, 0.3) is 5.91 Å². The van der Waals surface area contributed by atoms with E-state index in [9.17, 15) is 18.4 Å². The highest BCUT2D eigenvalue weighted by Gasteiger charge is 2.30. The predicted molar refractivity (Wildman–Crippen MR) is 171 cm³/mol. The summed E-state index contributed by atoms with van der Waals surface area (Å²) in [7, 11) is 4.07. The fraction of sp³-hybridized carbons (Fsp3) is 0.412. The molecule has 1 amide bonds. The van der Waals surface area contributed by atoms with Crippen molar-refractivity contribution in [3.8, 4) is 17.0 Å². The molecule has 0 spiro atoms. The van der Waals surface area contributed by atoms with E-state index in [0.717, 1.165) is 65.9 Å². The number of carbonyl (C=O) groups excluding carboxylic acids is 1. The zero-order valence-electron chi connectivity index (χ0n) is 26.5. The molecule has 46 heavy (non-hydrogen) atoms. The number of carbonyl (C=O) groups is 2. The van der Waals surface area contributed by atoms with Crippen LogP contribution in [0, 0.1) is 12.8 Å². The van der Waals surface area contributed by atoms with Crippen LogP contribution in [-0.2, 0) is 4.79 Å². The molecule has 4 aromatic rings. The number of rotatable bonds is 13. The number of ether oxygens (including phenoxy) is 1. The molecule has 10 nitrogen and oxygen atoms in total. The average molecular weight is 636 g/mol. The first kappa shape index (κ1) is 32.8. The van der Waals surface area contributed by atoms with E-state index in [1.165, 1.54) is 12.1 Å². The molecular weight excluding hydrogens is 594 g/mol. The molecule has 0 radical (unpaired) electrons. The van der Waals surface area contributed by atoms with Crippen molar-refractivity contribution in [2.75, 3.05) is 45.6 Å². The summed E-state index contributed by atoms with van der Waals surface area (Å²) in [4.78, 5) is 35.0. The number of imidazole rings is 1. The minimum Gasteiger partial charge on any atom is -0.481 e. The number of aliphatic carboxylic acids is 1. The second-order valence-electron chi connectivity index (χ2n) is 12.4. The van der Waals surface area contributed by atoms with Gasteiger partial charge in [-0.3, -0.25) is 14.0 Å². The first-order chi connectivity index (χ1) is 22.0. The maximum Gasteiger partial charge on any atom is 0.387 e. The number of aryl methyl sites for hydroxylation is 1. The van der Waals surface area contributed by atoms with E-state index in [2.05, 4.69) is 27.1 Å². The van der Waals surface area contributed by atoms with Gasteiger partial charge in [0, 0.05) is 49.2 Å². The van der Waals surface area contributed by atoms with Crippen molar-refractivity contribution in [2.24, 2.45) is 5.92 Å². The molecule has 0 bridgehead atoms. The second kappa shape index (κ2) is 14.2. The molecule has 1 saturated heterocycles. The smallest absolute Gasteiger partial charge is 0.387 e. The highest BCUT2D eigenvalue weighted by Crippen LogP contribution is 2.29. The van der Waals surface area contributed by atoms with Crippen molar-refractivity contribution in [1.29, 1.82) is 0 Å². The molecule has 2 N–H and O–H groups in total. The Morgan fingerprint density at radius 1 is 1.15 bits per heavy atom. The van der Waals surface area contributed by atoms with Crippen LogP contribution < -0.4 is 10.1 Å². The number of halogens is 2. The second-order valence-corrected chi connectivity index (χ2v) is 12.4. The monoisotopic (exact) mass is 635 g/mol. The highest BCUT2D eigenvalue weighted by atomic mass is 19.3. The number of benzene rings is 2. The Morgan fingerprint density at radius 3 is 2.57 bits per heavy atom. The van der Waals surface area contributed by atoms with Gasteiger partial charge in [0.05, 0.1) is 45.0 Å². The predicted octanol–water partition coefficient (Wildman–Crippen LogP) is 6.23. The van der Waals surface area contributed by atoms with Crippen molar-refractivity contribution in [3.05, 3.63) is 72.2 Å². The fourth-order valence-electron chi connectivity index (χ4n) is 6.20. The normalized spacial score (nSPS) is 18.1. The zero-order chi connectivity index (χ0) is 32.8. The number of carboxylic acid groups (broad SMARTS) is 1. The van der Waals surface area contributed by atoms with Crippen LogP contribution in [0.1, 0.15) is 48.0 Å². The van der Waals surface area contributed by atoms with Gasteiger partial charge >= 0.3 is 12.6 Å². The molecular formula is C34H41F2N6O4+. The molecule has 1 aliphatic rings. The van der Waals surface area contributed by atoms with E-state index in [4.69, 9.17) is 5.11 Å². The van der Waals surface area contributed by atoms with Crippen LogP contribution in [0.4, 0.5) is 20.3 Å². The van der Waals surface area contributed by atoms with Gasteiger partial charge in [-0.15, -0.1) is 0 Å². The van der Waals surface area contributed by atoms with E-state index in [-0.39, 0.29) is 18.1 Å². The standard InChI is InChI=1S/C34H40F2N6O4/c1-23-21-26(39-31-32-38-22-29(41(32)17-15-37-31)25-6-9-27(10-7-25)46-34(35)36)8-11-28(23)33(45)40(2)16-12-24-13-19-42(3,20-14-24)18-4-5-30(43)44/h6-11,15,17,21-22,24,34H,4-5,12-14,16,18-20H2,1-3H3,(H-,37,39,43,44,45)/p+1. The molecule has 0 saturated carbocycles. The van der Waals surface area contributed by atoms with Gasteiger partial charge in [-0.25, -0.2) is 9.97 Å². The van der Waals surface area contributed by atoms with Crippen LogP contribution >= 0.6 is 0 Å². The summed E-state index contributed by atoms with van der Waals surface area (Å²) in [6.45, 7) is 2.70. The lowest BCUT2D eigenvalue weighted by molar-refractivity contribution is -0.915. The van der Waals surface area contributed by atoms with Crippen molar-refractivity contribution in [3.63, 3.8) is 0 Å². The number of alkyl halides is 2. The van der Waals surface area contributed by atoms with E-state index >= 15 is 0 Å². The van der Waals surface area contributed by atoms with E-state index in [1.807, 2.05) is 36.6 Å². The summed E-state index contributed by atoms with van der Waals surface area (Å²) >= 11 is 0. The lowest BCUT2D eigenvalue weighted by atomic mass is 9.91. The third-order valence-corrected chi connectivity index (χ3v) is 8.99. The number of likely N-dealkylation sites (tertiary alicyclic amines) is 1. The molecule has 0 unspecified atom stereocenters. The summed E-state index contributed by atoms with van der Waals surface area (Å²) < 4.78 is 32.3. The summed E-state index contributed by atoms with van der Waals surface area (Å²) in [5.41, 5.74) is 4.39.